The third kappa shape index (κ3) is 2.72. The van der Waals surface area contributed by atoms with E-state index in [-0.39, 0.29) is 11.2 Å². The van der Waals surface area contributed by atoms with Crippen LogP contribution in [-0.4, -0.2) is 18.9 Å². The van der Waals surface area contributed by atoms with Gasteiger partial charge in [-0.25, -0.2) is 4.98 Å². The summed E-state index contributed by atoms with van der Waals surface area (Å²) < 4.78 is 43.5. The summed E-state index contributed by atoms with van der Waals surface area (Å²) in [6.07, 6.45) is -3.13. The number of benzene rings is 1. The second kappa shape index (κ2) is 6.31. The van der Waals surface area contributed by atoms with Gasteiger partial charge >= 0.3 is 6.18 Å². The third-order valence-corrected chi connectivity index (χ3v) is 5.58. The minimum atomic E-state index is -4.67. The minimum Gasteiger partial charge on any atom is -0.290 e. The summed E-state index contributed by atoms with van der Waals surface area (Å²) in [5, 5.41) is -0.460. The predicted octanol–water partition coefficient (Wildman–Crippen LogP) is 5.08. The van der Waals surface area contributed by atoms with Crippen molar-refractivity contribution in [2.75, 3.05) is 0 Å². The number of fused-ring (bicyclic) bond motifs is 3. The van der Waals surface area contributed by atoms with Gasteiger partial charge in [0.25, 0.3) is 5.56 Å². The number of halogens is 5. The van der Waals surface area contributed by atoms with Crippen LogP contribution in [0.25, 0.3) is 22.4 Å². The highest BCUT2D eigenvalue weighted by Gasteiger charge is 2.34. The van der Waals surface area contributed by atoms with Crippen molar-refractivity contribution in [2.45, 2.75) is 20.0 Å². The second-order valence-electron chi connectivity index (χ2n) is 6.21. The van der Waals surface area contributed by atoms with Crippen LogP contribution in [0, 0.1) is 13.8 Å². The fraction of sp³-hybridized carbons (Fsp3) is 0.167. The van der Waals surface area contributed by atoms with Crippen LogP contribution in [0.4, 0.5) is 13.2 Å². The zero-order chi connectivity index (χ0) is 20.4. The average Bonchev–Trinajstić information content (AvgIpc) is 2.91. The molecule has 0 bridgehead atoms. The first-order chi connectivity index (χ1) is 13.1. The Kier molecular flexibility index (Phi) is 4.27. The molecule has 4 aromatic rings. The standard InChI is InChI=1S/C18H11BrClF3N4O/c1-8-12(4-3-5-24-8)27-13-6-10(18(21,22)23)11(20)7-14(13)26-9(2)15(19)25-16(26)17(27)28/h3-7H,1-2H3. The van der Waals surface area contributed by atoms with Crippen molar-refractivity contribution < 1.29 is 13.2 Å². The Morgan fingerprint density at radius 1 is 1.18 bits per heavy atom. The highest BCUT2D eigenvalue weighted by Crippen LogP contribution is 2.38. The van der Waals surface area contributed by atoms with E-state index in [1.54, 1.807) is 32.2 Å². The molecule has 0 saturated carbocycles. The molecule has 0 aliphatic rings. The van der Waals surface area contributed by atoms with Crippen molar-refractivity contribution in [1.82, 2.24) is 18.9 Å². The highest BCUT2D eigenvalue weighted by molar-refractivity contribution is 9.10. The molecule has 0 saturated heterocycles. The number of nitrogens with zero attached hydrogens (tertiary/aromatic N) is 4. The van der Waals surface area contributed by atoms with Crippen molar-refractivity contribution in [3.63, 3.8) is 0 Å². The molecule has 1 aromatic carbocycles. The number of rotatable bonds is 1. The van der Waals surface area contributed by atoms with Crippen LogP contribution < -0.4 is 5.56 Å². The molecule has 3 heterocycles. The monoisotopic (exact) mass is 470 g/mol. The lowest BCUT2D eigenvalue weighted by Crippen LogP contribution is -2.23. The molecule has 0 amide bonds. The largest absolute Gasteiger partial charge is 0.417 e. The minimum absolute atomic E-state index is 0.0540. The van der Waals surface area contributed by atoms with E-state index in [9.17, 15) is 18.0 Å². The first-order valence-electron chi connectivity index (χ1n) is 8.03. The topological polar surface area (TPSA) is 52.2 Å². The average molecular weight is 472 g/mol. The number of hydrogen-bond donors (Lipinski definition) is 0. The Bertz CT molecular complexity index is 1330. The van der Waals surface area contributed by atoms with E-state index in [2.05, 4.69) is 25.9 Å². The fourth-order valence-electron chi connectivity index (χ4n) is 3.20. The van der Waals surface area contributed by atoms with Gasteiger partial charge in [0.2, 0.25) is 5.65 Å². The third-order valence-electron chi connectivity index (χ3n) is 4.52. The van der Waals surface area contributed by atoms with Crippen LogP contribution in [-0.2, 0) is 6.18 Å². The van der Waals surface area contributed by atoms with Gasteiger partial charge in [0.15, 0.2) is 0 Å². The zero-order valence-corrected chi connectivity index (χ0v) is 16.8. The zero-order valence-electron chi connectivity index (χ0n) is 14.5. The lowest BCUT2D eigenvalue weighted by atomic mass is 10.1. The number of pyridine rings is 1. The van der Waals surface area contributed by atoms with Crippen molar-refractivity contribution in [2.24, 2.45) is 0 Å². The molecule has 5 nitrogen and oxygen atoms in total. The van der Waals surface area contributed by atoms with Crippen LogP contribution in [0.1, 0.15) is 17.0 Å². The van der Waals surface area contributed by atoms with E-state index in [0.29, 0.717) is 27.2 Å². The molecule has 3 aromatic heterocycles. The maximum atomic E-state index is 13.5. The Labute approximate surface area is 169 Å². The smallest absolute Gasteiger partial charge is 0.290 e. The molecular formula is C18H11BrClF3N4O. The molecule has 0 radical (unpaired) electrons. The Balaban J connectivity index is 2.31. The van der Waals surface area contributed by atoms with Crippen LogP contribution in [0.3, 0.4) is 0 Å². The van der Waals surface area contributed by atoms with Crippen molar-refractivity contribution in [1.29, 1.82) is 0 Å². The molecule has 4 rings (SSSR count). The number of aromatic nitrogens is 4. The fourth-order valence-corrected chi connectivity index (χ4v) is 3.81. The van der Waals surface area contributed by atoms with Crippen molar-refractivity contribution in [3.05, 3.63) is 67.4 Å². The number of hydrogen-bond acceptors (Lipinski definition) is 3. The summed E-state index contributed by atoms with van der Waals surface area (Å²) in [4.78, 5) is 21.6. The summed E-state index contributed by atoms with van der Waals surface area (Å²) in [6, 6.07) is 5.32. The van der Waals surface area contributed by atoms with Gasteiger partial charge in [0.1, 0.15) is 4.60 Å². The molecule has 0 spiro atoms. The molecule has 0 aliphatic heterocycles. The normalized spacial score (nSPS) is 12.2. The van der Waals surface area contributed by atoms with Gasteiger partial charge in [-0.05, 0) is 54.0 Å². The Hall–Kier alpha value is -2.39. The summed E-state index contributed by atoms with van der Waals surface area (Å²) in [5.41, 5.74) is 0.289. The Morgan fingerprint density at radius 2 is 1.89 bits per heavy atom. The van der Waals surface area contributed by atoms with Crippen LogP contribution in [0.5, 0.6) is 0 Å². The number of aryl methyl sites for hydroxylation is 2. The summed E-state index contributed by atoms with van der Waals surface area (Å²) >= 11 is 9.23. The molecule has 28 heavy (non-hydrogen) atoms. The lowest BCUT2D eigenvalue weighted by molar-refractivity contribution is -0.137. The second-order valence-corrected chi connectivity index (χ2v) is 7.37. The number of alkyl halides is 3. The number of imidazole rings is 1. The van der Waals surface area contributed by atoms with E-state index >= 15 is 0 Å². The molecule has 0 N–H and O–H groups in total. The first-order valence-corrected chi connectivity index (χ1v) is 9.20. The van der Waals surface area contributed by atoms with Crippen molar-refractivity contribution in [3.8, 4) is 5.69 Å². The SMILES string of the molecule is Cc1ncccc1-n1c(=O)c2nc(Br)c(C)n2c2cc(Cl)c(C(F)(F)F)cc21. The van der Waals surface area contributed by atoms with E-state index in [4.69, 9.17) is 11.6 Å². The first kappa shape index (κ1) is 18.9. The van der Waals surface area contributed by atoms with E-state index in [0.717, 1.165) is 6.07 Å². The lowest BCUT2D eigenvalue weighted by Gasteiger charge is -2.17. The van der Waals surface area contributed by atoms with Gasteiger partial charge in [-0.1, -0.05) is 11.6 Å². The molecule has 10 heteroatoms. The van der Waals surface area contributed by atoms with Gasteiger partial charge in [0.05, 0.1) is 38.7 Å². The van der Waals surface area contributed by atoms with Crippen LogP contribution in [0.2, 0.25) is 5.02 Å². The molecule has 0 aliphatic carbocycles. The molecule has 0 atom stereocenters. The van der Waals surface area contributed by atoms with E-state index in [1.807, 2.05) is 0 Å². The maximum absolute atomic E-state index is 13.5. The molecular weight excluding hydrogens is 461 g/mol. The highest BCUT2D eigenvalue weighted by atomic mass is 79.9. The molecule has 0 unspecified atom stereocenters. The quantitative estimate of drug-likeness (QED) is 0.389. The van der Waals surface area contributed by atoms with Gasteiger partial charge in [-0.2, -0.15) is 13.2 Å². The van der Waals surface area contributed by atoms with E-state index in [1.165, 1.54) is 15.0 Å². The summed E-state index contributed by atoms with van der Waals surface area (Å²) in [5.74, 6) is 0. The van der Waals surface area contributed by atoms with Gasteiger partial charge in [-0.15, -0.1) is 0 Å². The van der Waals surface area contributed by atoms with Crippen molar-refractivity contribution >= 4 is 44.2 Å². The molecule has 144 valence electrons. The Morgan fingerprint density at radius 3 is 2.54 bits per heavy atom. The summed E-state index contributed by atoms with van der Waals surface area (Å²) in [7, 11) is 0. The van der Waals surface area contributed by atoms with Crippen LogP contribution >= 0.6 is 27.5 Å². The molecule has 0 fully saturated rings. The summed E-state index contributed by atoms with van der Waals surface area (Å²) in [6.45, 7) is 3.37. The van der Waals surface area contributed by atoms with E-state index < -0.39 is 22.3 Å². The predicted molar refractivity (Wildman–Crippen MR) is 103 cm³/mol. The van der Waals surface area contributed by atoms with Gasteiger partial charge < -0.3 is 0 Å². The van der Waals surface area contributed by atoms with Gasteiger partial charge in [-0.3, -0.25) is 18.7 Å². The van der Waals surface area contributed by atoms with Crippen LogP contribution in [0.15, 0.2) is 39.9 Å². The maximum Gasteiger partial charge on any atom is 0.417 e. The van der Waals surface area contributed by atoms with Gasteiger partial charge in [0, 0.05) is 6.20 Å².